The molecule has 5 atom stereocenters. The highest BCUT2D eigenvalue weighted by Crippen LogP contribution is 2.45. The summed E-state index contributed by atoms with van der Waals surface area (Å²) in [6.45, 7) is 2.72. The fraction of sp³-hybridized carbons (Fsp3) is 0.667. The first-order valence-corrected chi connectivity index (χ1v) is 9.28. The van der Waals surface area contributed by atoms with Crippen molar-refractivity contribution >= 4 is 15.9 Å². The Balaban J connectivity index is 1.39. The average Bonchev–Trinajstić information content (AvgIpc) is 3.01. The lowest BCUT2D eigenvalue weighted by molar-refractivity contribution is -0.151. The van der Waals surface area contributed by atoms with Crippen LogP contribution in [0, 0.1) is 0 Å². The van der Waals surface area contributed by atoms with E-state index in [4.69, 9.17) is 14.2 Å². The maximum absolute atomic E-state index is 6.39. The third-order valence-electron chi connectivity index (χ3n) is 5.60. The van der Waals surface area contributed by atoms with Crippen molar-refractivity contribution in [2.45, 2.75) is 62.7 Å². The van der Waals surface area contributed by atoms with Crippen molar-refractivity contribution in [1.82, 2.24) is 4.90 Å². The molecule has 126 valence electrons. The Morgan fingerprint density at radius 3 is 2.52 bits per heavy atom. The molecule has 3 unspecified atom stereocenters. The molecule has 1 spiro atoms. The van der Waals surface area contributed by atoms with Crippen molar-refractivity contribution in [2.75, 3.05) is 13.7 Å². The molecule has 0 N–H and O–H groups in total. The van der Waals surface area contributed by atoms with Crippen LogP contribution in [0.4, 0.5) is 0 Å². The Morgan fingerprint density at radius 1 is 1.22 bits per heavy atom. The Bertz CT molecular complexity index is 550. The van der Waals surface area contributed by atoms with Gasteiger partial charge in [-0.25, -0.2) is 0 Å². The minimum atomic E-state index is -0.276. The molecule has 1 aromatic rings. The van der Waals surface area contributed by atoms with Gasteiger partial charge in [-0.15, -0.1) is 0 Å². The zero-order valence-corrected chi connectivity index (χ0v) is 15.3. The van der Waals surface area contributed by atoms with Crippen LogP contribution in [0.25, 0.3) is 0 Å². The van der Waals surface area contributed by atoms with E-state index >= 15 is 0 Å². The molecule has 3 aliphatic rings. The van der Waals surface area contributed by atoms with Crippen molar-refractivity contribution in [2.24, 2.45) is 0 Å². The fourth-order valence-electron chi connectivity index (χ4n) is 4.30. The fourth-order valence-corrected chi connectivity index (χ4v) is 4.57. The minimum Gasteiger partial charge on any atom is -0.485 e. The predicted octanol–water partition coefficient (Wildman–Crippen LogP) is 3.58. The van der Waals surface area contributed by atoms with E-state index in [9.17, 15) is 0 Å². The summed E-state index contributed by atoms with van der Waals surface area (Å²) in [5.74, 6) is 0.845. The number of hydrogen-bond donors (Lipinski definition) is 0. The van der Waals surface area contributed by atoms with Gasteiger partial charge in [-0.2, -0.15) is 0 Å². The second-order valence-corrected chi connectivity index (χ2v) is 8.13. The Morgan fingerprint density at radius 2 is 1.87 bits per heavy atom. The first kappa shape index (κ1) is 15.9. The molecule has 0 radical (unpaired) electrons. The Hall–Kier alpha value is -0.620. The third kappa shape index (κ3) is 3.04. The Kier molecular flexibility index (Phi) is 4.16. The molecule has 3 saturated heterocycles. The smallest absolute Gasteiger partial charge is 0.195 e. The number of halogens is 1. The second kappa shape index (κ2) is 6.03. The van der Waals surface area contributed by atoms with Crippen molar-refractivity contribution in [3.63, 3.8) is 0 Å². The topological polar surface area (TPSA) is 30.9 Å². The van der Waals surface area contributed by atoms with Gasteiger partial charge in [-0.1, -0.05) is 15.9 Å². The van der Waals surface area contributed by atoms with Gasteiger partial charge >= 0.3 is 0 Å². The zero-order valence-electron chi connectivity index (χ0n) is 13.7. The summed E-state index contributed by atoms with van der Waals surface area (Å²) >= 11 is 3.44. The van der Waals surface area contributed by atoms with Crippen molar-refractivity contribution < 1.29 is 14.2 Å². The summed E-state index contributed by atoms with van der Waals surface area (Å²) in [6, 6.07) is 9.18. The molecule has 3 fully saturated rings. The van der Waals surface area contributed by atoms with Crippen LogP contribution in [0.5, 0.6) is 5.75 Å². The van der Waals surface area contributed by atoms with Crippen LogP contribution >= 0.6 is 15.9 Å². The first-order valence-electron chi connectivity index (χ1n) is 8.48. The minimum absolute atomic E-state index is 0.0969. The summed E-state index contributed by atoms with van der Waals surface area (Å²) in [5.41, 5.74) is -0.0969. The van der Waals surface area contributed by atoms with Gasteiger partial charge < -0.3 is 19.1 Å². The standard InChI is InChI=1S/C18H24BrNO3/c1-12(22-16-7-3-13(19)4-8-16)17-21-11-18(23-17)9-14-5-6-15(10-18)20(14)2/h3-4,7-8,12,14-15,17H,5-6,9-11H2,1-2H3/t12?,14-,15+,17?,18?. The number of ether oxygens (including phenoxy) is 3. The van der Waals surface area contributed by atoms with Crippen LogP contribution in [0.1, 0.15) is 32.6 Å². The van der Waals surface area contributed by atoms with E-state index in [1.807, 2.05) is 31.2 Å². The van der Waals surface area contributed by atoms with Crippen LogP contribution < -0.4 is 4.74 Å². The van der Waals surface area contributed by atoms with Gasteiger partial charge in [0, 0.05) is 16.6 Å². The van der Waals surface area contributed by atoms with Crippen molar-refractivity contribution in [3.8, 4) is 5.75 Å². The SMILES string of the molecule is CC(Oc1ccc(Br)cc1)C1OCC2(C[C@H]3CC[C@@H](C2)N3C)O1. The lowest BCUT2D eigenvalue weighted by atomic mass is 9.87. The zero-order chi connectivity index (χ0) is 16.0. The van der Waals surface area contributed by atoms with Gasteiger partial charge in [0.25, 0.3) is 0 Å². The average molecular weight is 382 g/mol. The lowest BCUT2D eigenvalue weighted by Crippen LogP contribution is -2.51. The van der Waals surface area contributed by atoms with Crippen molar-refractivity contribution in [1.29, 1.82) is 0 Å². The number of benzene rings is 1. The highest BCUT2D eigenvalue weighted by molar-refractivity contribution is 9.10. The maximum Gasteiger partial charge on any atom is 0.195 e. The van der Waals surface area contributed by atoms with E-state index in [0.717, 1.165) is 23.1 Å². The molecule has 4 rings (SSSR count). The normalized spacial score (nSPS) is 38.1. The molecule has 5 heteroatoms. The van der Waals surface area contributed by atoms with E-state index in [-0.39, 0.29) is 18.0 Å². The quantitative estimate of drug-likeness (QED) is 0.800. The van der Waals surface area contributed by atoms with E-state index in [0.29, 0.717) is 18.7 Å². The number of fused-ring (bicyclic) bond motifs is 2. The Labute approximate surface area is 146 Å². The largest absolute Gasteiger partial charge is 0.485 e. The van der Waals surface area contributed by atoms with Gasteiger partial charge in [0.15, 0.2) is 6.29 Å². The monoisotopic (exact) mass is 381 g/mol. The van der Waals surface area contributed by atoms with Gasteiger partial charge in [-0.3, -0.25) is 0 Å². The van der Waals surface area contributed by atoms with Gasteiger partial charge in [0.2, 0.25) is 0 Å². The molecular weight excluding hydrogens is 358 g/mol. The summed E-state index contributed by atoms with van der Waals surface area (Å²) in [4.78, 5) is 2.53. The predicted molar refractivity (Wildman–Crippen MR) is 91.6 cm³/mol. The highest BCUT2D eigenvalue weighted by atomic mass is 79.9. The molecule has 2 bridgehead atoms. The molecule has 23 heavy (non-hydrogen) atoms. The van der Waals surface area contributed by atoms with Crippen LogP contribution in [-0.4, -0.2) is 48.6 Å². The first-order chi connectivity index (χ1) is 11.0. The van der Waals surface area contributed by atoms with E-state index in [1.165, 1.54) is 12.8 Å². The number of rotatable bonds is 3. The second-order valence-electron chi connectivity index (χ2n) is 7.22. The molecule has 0 aliphatic carbocycles. The van der Waals surface area contributed by atoms with Crippen LogP contribution in [0.3, 0.4) is 0 Å². The van der Waals surface area contributed by atoms with E-state index in [2.05, 4.69) is 27.9 Å². The molecular formula is C18H24BrNO3. The van der Waals surface area contributed by atoms with Crippen LogP contribution in [-0.2, 0) is 9.47 Å². The number of nitrogens with zero attached hydrogens (tertiary/aromatic N) is 1. The van der Waals surface area contributed by atoms with Crippen LogP contribution in [0.15, 0.2) is 28.7 Å². The summed E-state index contributed by atoms with van der Waals surface area (Å²) in [5, 5.41) is 0. The molecule has 0 amide bonds. The highest BCUT2D eigenvalue weighted by Gasteiger charge is 2.52. The lowest BCUT2D eigenvalue weighted by Gasteiger charge is -2.41. The summed E-state index contributed by atoms with van der Waals surface area (Å²) < 4.78 is 19.4. The van der Waals surface area contributed by atoms with Gasteiger partial charge in [0.05, 0.1) is 12.2 Å². The molecule has 1 aromatic carbocycles. The van der Waals surface area contributed by atoms with Crippen molar-refractivity contribution in [3.05, 3.63) is 28.7 Å². The van der Waals surface area contributed by atoms with E-state index in [1.54, 1.807) is 0 Å². The van der Waals surface area contributed by atoms with Crippen LogP contribution in [0.2, 0.25) is 0 Å². The molecule has 4 nitrogen and oxygen atoms in total. The maximum atomic E-state index is 6.39. The third-order valence-corrected chi connectivity index (χ3v) is 6.12. The molecule has 0 saturated carbocycles. The summed E-state index contributed by atoms with van der Waals surface area (Å²) in [7, 11) is 2.25. The molecule has 3 aliphatic heterocycles. The number of piperidine rings is 1. The summed E-state index contributed by atoms with van der Waals surface area (Å²) in [6.07, 6.45) is 4.36. The molecule has 0 aromatic heterocycles. The van der Waals surface area contributed by atoms with Gasteiger partial charge in [0.1, 0.15) is 11.9 Å². The van der Waals surface area contributed by atoms with E-state index < -0.39 is 0 Å². The number of hydrogen-bond acceptors (Lipinski definition) is 4. The molecule has 3 heterocycles. The van der Waals surface area contributed by atoms with Gasteiger partial charge in [-0.05, 0) is 63.9 Å².